The highest BCUT2D eigenvalue weighted by Gasteiger charge is 2.28. The predicted octanol–water partition coefficient (Wildman–Crippen LogP) is 1.56. The highest BCUT2D eigenvalue weighted by Crippen LogP contribution is 2.24. The van der Waals surface area contributed by atoms with Crippen molar-refractivity contribution in [3.05, 3.63) is 0 Å². The number of ether oxygens (including phenoxy) is 1. The molecule has 0 amide bonds. The summed E-state index contributed by atoms with van der Waals surface area (Å²) >= 11 is 0. The van der Waals surface area contributed by atoms with Crippen LogP contribution in [0.5, 0.6) is 0 Å². The minimum atomic E-state index is 0.539. The third-order valence-corrected chi connectivity index (χ3v) is 4.87. The molecule has 0 aromatic carbocycles. The van der Waals surface area contributed by atoms with E-state index in [9.17, 15) is 0 Å². The molecular formula is C16H33N3O. The highest BCUT2D eigenvalue weighted by atomic mass is 16.5. The molecule has 1 aliphatic heterocycles. The predicted molar refractivity (Wildman–Crippen MR) is 84.2 cm³/mol. The number of rotatable bonds is 8. The summed E-state index contributed by atoms with van der Waals surface area (Å²) in [4.78, 5) is 5.35. The van der Waals surface area contributed by atoms with E-state index >= 15 is 0 Å². The van der Waals surface area contributed by atoms with E-state index < -0.39 is 0 Å². The summed E-state index contributed by atoms with van der Waals surface area (Å²) in [7, 11) is 1.82. The van der Waals surface area contributed by atoms with Crippen LogP contribution in [-0.2, 0) is 4.74 Å². The Balaban J connectivity index is 1.73. The molecule has 0 bridgehead atoms. The summed E-state index contributed by atoms with van der Waals surface area (Å²) in [6.07, 6.45) is 6.95. The Kier molecular flexibility index (Phi) is 7.28. The van der Waals surface area contributed by atoms with Crippen LogP contribution in [0.15, 0.2) is 0 Å². The van der Waals surface area contributed by atoms with E-state index in [2.05, 4.69) is 22.0 Å². The van der Waals surface area contributed by atoms with Gasteiger partial charge in [-0.25, -0.2) is 0 Å². The van der Waals surface area contributed by atoms with Gasteiger partial charge in [0, 0.05) is 51.9 Å². The number of piperazine rings is 1. The molecule has 2 rings (SSSR count). The zero-order valence-electron chi connectivity index (χ0n) is 13.4. The summed E-state index contributed by atoms with van der Waals surface area (Å²) in [5, 5.41) is 3.55. The van der Waals surface area contributed by atoms with E-state index in [1.807, 2.05) is 7.11 Å². The third kappa shape index (κ3) is 4.69. The molecule has 0 spiro atoms. The van der Waals surface area contributed by atoms with Gasteiger partial charge in [0.25, 0.3) is 0 Å². The maximum absolute atomic E-state index is 5.42. The lowest BCUT2D eigenvalue weighted by atomic mass is 10.1. The van der Waals surface area contributed by atoms with E-state index in [4.69, 9.17) is 4.74 Å². The van der Waals surface area contributed by atoms with Crippen molar-refractivity contribution in [2.75, 3.05) is 53.0 Å². The van der Waals surface area contributed by atoms with Crippen molar-refractivity contribution >= 4 is 0 Å². The fourth-order valence-electron chi connectivity index (χ4n) is 3.67. The Morgan fingerprint density at radius 1 is 1.15 bits per heavy atom. The van der Waals surface area contributed by atoms with Crippen molar-refractivity contribution in [1.29, 1.82) is 0 Å². The number of methoxy groups -OCH3 is 1. The first kappa shape index (κ1) is 16.2. The minimum absolute atomic E-state index is 0.539. The summed E-state index contributed by atoms with van der Waals surface area (Å²) < 4.78 is 5.42. The SMILES string of the molecule is CCCNCC(COC)N1CCN(C2CCCC2)CC1. The molecule has 1 heterocycles. The molecule has 2 fully saturated rings. The van der Waals surface area contributed by atoms with Crippen LogP contribution in [0.4, 0.5) is 0 Å². The Labute approximate surface area is 124 Å². The maximum Gasteiger partial charge on any atom is 0.0630 e. The zero-order chi connectivity index (χ0) is 14.2. The maximum atomic E-state index is 5.42. The van der Waals surface area contributed by atoms with Crippen LogP contribution in [-0.4, -0.2) is 74.9 Å². The van der Waals surface area contributed by atoms with Gasteiger partial charge in [-0.3, -0.25) is 9.80 Å². The smallest absolute Gasteiger partial charge is 0.0630 e. The molecule has 1 unspecified atom stereocenters. The zero-order valence-corrected chi connectivity index (χ0v) is 13.4. The number of hydrogen-bond acceptors (Lipinski definition) is 4. The molecule has 1 N–H and O–H groups in total. The Morgan fingerprint density at radius 2 is 1.85 bits per heavy atom. The van der Waals surface area contributed by atoms with Gasteiger partial charge in [-0.15, -0.1) is 0 Å². The van der Waals surface area contributed by atoms with Crippen molar-refractivity contribution in [3.8, 4) is 0 Å². The average Bonchev–Trinajstić information content (AvgIpc) is 3.01. The van der Waals surface area contributed by atoms with Crippen LogP contribution in [0.1, 0.15) is 39.0 Å². The first-order chi connectivity index (χ1) is 9.85. The minimum Gasteiger partial charge on any atom is -0.383 e. The quantitative estimate of drug-likeness (QED) is 0.684. The molecule has 1 saturated heterocycles. The van der Waals surface area contributed by atoms with Gasteiger partial charge in [-0.05, 0) is 25.8 Å². The number of nitrogens with zero attached hydrogens (tertiary/aromatic N) is 2. The highest BCUT2D eigenvalue weighted by molar-refractivity contribution is 4.85. The summed E-state index contributed by atoms with van der Waals surface area (Å²) in [5.74, 6) is 0. The molecule has 2 aliphatic rings. The summed E-state index contributed by atoms with van der Waals surface area (Å²) in [6.45, 7) is 10.2. The van der Waals surface area contributed by atoms with Gasteiger partial charge in [0.2, 0.25) is 0 Å². The largest absolute Gasteiger partial charge is 0.383 e. The average molecular weight is 283 g/mol. The van der Waals surface area contributed by atoms with Crippen molar-refractivity contribution < 1.29 is 4.74 Å². The summed E-state index contributed by atoms with van der Waals surface area (Å²) in [6, 6.07) is 1.42. The Hall–Kier alpha value is -0.160. The second-order valence-corrected chi connectivity index (χ2v) is 6.32. The van der Waals surface area contributed by atoms with E-state index in [0.29, 0.717) is 6.04 Å². The molecule has 1 aliphatic carbocycles. The molecular weight excluding hydrogens is 250 g/mol. The van der Waals surface area contributed by atoms with Crippen LogP contribution in [0, 0.1) is 0 Å². The van der Waals surface area contributed by atoms with Crippen LogP contribution in [0.2, 0.25) is 0 Å². The lowest BCUT2D eigenvalue weighted by Gasteiger charge is -2.41. The van der Waals surface area contributed by atoms with Crippen LogP contribution >= 0.6 is 0 Å². The van der Waals surface area contributed by atoms with Crippen LogP contribution in [0.25, 0.3) is 0 Å². The van der Waals surface area contributed by atoms with Gasteiger partial charge in [0.05, 0.1) is 6.61 Å². The third-order valence-electron chi connectivity index (χ3n) is 4.87. The number of hydrogen-bond donors (Lipinski definition) is 1. The fourth-order valence-corrected chi connectivity index (χ4v) is 3.67. The van der Waals surface area contributed by atoms with Crippen molar-refractivity contribution in [1.82, 2.24) is 15.1 Å². The van der Waals surface area contributed by atoms with Gasteiger partial charge in [0.1, 0.15) is 0 Å². The monoisotopic (exact) mass is 283 g/mol. The normalized spacial score (nSPS) is 24.3. The van der Waals surface area contributed by atoms with Gasteiger partial charge >= 0.3 is 0 Å². The van der Waals surface area contributed by atoms with E-state index in [1.165, 1.54) is 58.3 Å². The van der Waals surface area contributed by atoms with Crippen molar-refractivity contribution in [2.45, 2.75) is 51.1 Å². The van der Waals surface area contributed by atoms with Crippen LogP contribution < -0.4 is 5.32 Å². The van der Waals surface area contributed by atoms with Gasteiger partial charge in [0.15, 0.2) is 0 Å². The fraction of sp³-hybridized carbons (Fsp3) is 1.00. The second kappa shape index (κ2) is 8.98. The molecule has 0 aromatic rings. The molecule has 4 nitrogen and oxygen atoms in total. The molecule has 0 aromatic heterocycles. The lowest BCUT2D eigenvalue weighted by Crippen LogP contribution is -2.55. The standard InChI is InChI=1S/C16H33N3O/c1-3-8-17-13-16(14-20-2)19-11-9-18(10-12-19)15-6-4-5-7-15/h15-17H,3-14H2,1-2H3. The number of nitrogens with one attached hydrogen (secondary N) is 1. The molecule has 1 saturated carbocycles. The first-order valence-electron chi connectivity index (χ1n) is 8.53. The molecule has 4 heteroatoms. The Morgan fingerprint density at radius 3 is 2.45 bits per heavy atom. The second-order valence-electron chi connectivity index (χ2n) is 6.32. The van der Waals surface area contributed by atoms with E-state index in [0.717, 1.165) is 25.7 Å². The Bertz CT molecular complexity index is 248. The summed E-state index contributed by atoms with van der Waals surface area (Å²) in [5.41, 5.74) is 0. The lowest BCUT2D eigenvalue weighted by molar-refractivity contribution is 0.0364. The van der Waals surface area contributed by atoms with Gasteiger partial charge in [-0.1, -0.05) is 19.8 Å². The van der Waals surface area contributed by atoms with E-state index in [-0.39, 0.29) is 0 Å². The van der Waals surface area contributed by atoms with Gasteiger partial charge < -0.3 is 10.1 Å². The van der Waals surface area contributed by atoms with Gasteiger partial charge in [-0.2, -0.15) is 0 Å². The molecule has 118 valence electrons. The topological polar surface area (TPSA) is 27.7 Å². The molecule has 0 radical (unpaired) electrons. The van der Waals surface area contributed by atoms with E-state index in [1.54, 1.807) is 0 Å². The van der Waals surface area contributed by atoms with Crippen LogP contribution in [0.3, 0.4) is 0 Å². The first-order valence-corrected chi connectivity index (χ1v) is 8.53. The van der Waals surface area contributed by atoms with Crippen molar-refractivity contribution in [3.63, 3.8) is 0 Å². The molecule has 20 heavy (non-hydrogen) atoms. The van der Waals surface area contributed by atoms with Crippen molar-refractivity contribution in [2.24, 2.45) is 0 Å². The molecule has 1 atom stereocenters.